The number of hydrogen-bond donors (Lipinski definition) is 1. The summed E-state index contributed by atoms with van der Waals surface area (Å²) in [5.41, 5.74) is 0. The third kappa shape index (κ3) is 1550. The third-order valence-electron chi connectivity index (χ3n) is 0. The van der Waals surface area contributed by atoms with Gasteiger partial charge in [0.2, 0.25) is 0 Å². The molecule has 1 N–H and O–H groups in total. The first-order valence-corrected chi connectivity index (χ1v) is 1.50. The molecule has 0 bridgehead atoms. The van der Waals surface area contributed by atoms with E-state index in [2.05, 4.69) is 21.1 Å². The normalized spacial score (nSPS) is 4.00. The summed E-state index contributed by atoms with van der Waals surface area (Å²) >= 11 is 0. The van der Waals surface area contributed by atoms with Crippen LogP contribution in [-0.2, 0) is 0 Å². The van der Waals surface area contributed by atoms with Crippen molar-refractivity contribution in [3.8, 4) is 0 Å². The van der Waals surface area contributed by atoms with Gasteiger partial charge < -0.3 is 23.7 Å². The van der Waals surface area contributed by atoms with Crippen molar-refractivity contribution in [2.24, 2.45) is 0 Å². The number of halogens is 4. The molecule has 0 aliphatic carbocycles. The Morgan fingerprint density at radius 3 is 0.667 bits per heavy atom. The predicted octanol–water partition coefficient (Wildman–Crippen LogP) is -13.9. The second-order valence-corrected chi connectivity index (χ2v) is 1.50. The summed E-state index contributed by atoms with van der Waals surface area (Å²) in [5.74, 6) is 0. The van der Waals surface area contributed by atoms with Crippen molar-refractivity contribution in [2.75, 3.05) is 21.1 Å². The molecule has 0 spiro atoms. The van der Waals surface area contributed by atoms with E-state index in [0.717, 1.165) is 0 Å². The summed E-state index contributed by atoms with van der Waals surface area (Å²) in [6.45, 7) is 0. The molecular formula is C3H11F4NSn. The van der Waals surface area contributed by atoms with Crippen molar-refractivity contribution >= 4 is 23.9 Å². The summed E-state index contributed by atoms with van der Waals surface area (Å²) < 4.78 is 0. The molecule has 0 amide bonds. The van der Waals surface area contributed by atoms with Crippen LogP contribution in [0.25, 0.3) is 0 Å². The van der Waals surface area contributed by atoms with Gasteiger partial charge in [0.05, 0.1) is 21.1 Å². The van der Waals surface area contributed by atoms with Gasteiger partial charge in [-0.2, -0.15) is 0 Å². The standard InChI is InChI=1S/C3H9N.4FH.Sn.H/c1-4(2)3;;;;;;/h1-3H3;4*1H;;/q;;;;;+3;/p-3. The Labute approximate surface area is 69.2 Å². The Balaban J connectivity index is -0.00000000450. The molecule has 0 heterocycles. The summed E-state index contributed by atoms with van der Waals surface area (Å²) in [5, 5.41) is 0. The molecule has 60 valence electrons. The van der Waals surface area contributed by atoms with E-state index >= 15 is 0 Å². The van der Waals surface area contributed by atoms with E-state index in [0.29, 0.717) is 0 Å². The van der Waals surface area contributed by atoms with Crippen molar-refractivity contribution < 1.29 is 23.7 Å². The van der Waals surface area contributed by atoms with Gasteiger partial charge in [0.1, 0.15) is 0 Å². The van der Waals surface area contributed by atoms with E-state index in [1.165, 1.54) is 4.90 Å². The molecule has 0 atom stereocenters. The second-order valence-electron chi connectivity index (χ2n) is 1.50. The SMILES string of the molecule is C[NH+](C)C.[F-].[F-].[F-].[F-].[SnH+3]. The molecule has 6 heteroatoms. The summed E-state index contributed by atoms with van der Waals surface area (Å²) in [4.78, 5) is 1.42. The molecule has 0 saturated carbocycles. The van der Waals surface area contributed by atoms with Crippen LogP contribution < -0.4 is 23.7 Å². The van der Waals surface area contributed by atoms with Crippen molar-refractivity contribution in [2.45, 2.75) is 0 Å². The van der Waals surface area contributed by atoms with E-state index in [1.807, 2.05) is 0 Å². The molecule has 0 unspecified atom stereocenters. The minimum absolute atomic E-state index is 0. The molecule has 0 aliphatic rings. The summed E-state index contributed by atoms with van der Waals surface area (Å²) in [7, 11) is 6.25. The fraction of sp³-hybridized carbons (Fsp3) is 1.00. The van der Waals surface area contributed by atoms with Crippen LogP contribution in [0.2, 0.25) is 0 Å². The Morgan fingerprint density at radius 1 is 0.667 bits per heavy atom. The molecule has 0 radical (unpaired) electrons. The Bertz CT molecular complexity index is 20.5. The Morgan fingerprint density at radius 2 is 0.667 bits per heavy atom. The van der Waals surface area contributed by atoms with Crippen LogP contribution in [0.3, 0.4) is 0 Å². The van der Waals surface area contributed by atoms with Crippen LogP contribution >= 0.6 is 0 Å². The van der Waals surface area contributed by atoms with Crippen LogP contribution in [0.1, 0.15) is 0 Å². The number of hydrogen-bond acceptors (Lipinski definition) is 0. The van der Waals surface area contributed by atoms with Gasteiger partial charge in [-0.05, 0) is 0 Å². The first-order chi connectivity index (χ1) is 1.73. The quantitative estimate of drug-likeness (QED) is 0.324. The van der Waals surface area contributed by atoms with E-state index in [9.17, 15) is 0 Å². The van der Waals surface area contributed by atoms with Crippen molar-refractivity contribution in [3.63, 3.8) is 0 Å². The van der Waals surface area contributed by atoms with Gasteiger partial charge in [-0.3, -0.25) is 0 Å². The van der Waals surface area contributed by atoms with Crippen molar-refractivity contribution in [3.05, 3.63) is 0 Å². The van der Waals surface area contributed by atoms with Crippen LogP contribution in [0.15, 0.2) is 0 Å². The van der Waals surface area contributed by atoms with Crippen molar-refractivity contribution in [1.82, 2.24) is 0 Å². The average molecular weight is 256 g/mol. The number of rotatable bonds is 0. The zero-order valence-corrected chi connectivity index (χ0v) is 8.88. The predicted molar refractivity (Wildman–Crippen MR) is 25.9 cm³/mol. The average Bonchev–Trinajstić information content (AvgIpc) is 0.811. The molecule has 9 heavy (non-hydrogen) atoms. The van der Waals surface area contributed by atoms with Gasteiger partial charge in [-0.15, -0.1) is 0 Å². The minimum atomic E-state index is 0. The van der Waals surface area contributed by atoms with Crippen molar-refractivity contribution in [1.29, 1.82) is 0 Å². The van der Waals surface area contributed by atoms with Crippen LogP contribution in [0.4, 0.5) is 0 Å². The van der Waals surface area contributed by atoms with Gasteiger partial charge in [-0.25, -0.2) is 0 Å². The zero-order chi connectivity index (χ0) is 3.58. The van der Waals surface area contributed by atoms with Crippen LogP contribution in [0, 0.1) is 0 Å². The first kappa shape index (κ1) is 56.3. The van der Waals surface area contributed by atoms with E-state index in [1.54, 1.807) is 0 Å². The van der Waals surface area contributed by atoms with Gasteiger partial charge in [0.25, 0.3) is 0 Å². The molecule has 0 rings (SSSR count). The fourth-order valence-electron chi connectivity index (χ4n) is 0. The molecule has 0 saturated heterocycles. The topological polar surface area (TPSA) is 4.44 Å². The zero-order valence-electron chi connectivity index (χ0n) is 5.59. The summed E-state index contributed by atoms with van der Waals surface area (Å²) in [6, 6.07) is 0. The van der Waals surface area contributed by atoms with Gasteiger partial charge >= 0.3 is 23.9 Å². The van der Waals surface area contributed by atoms with Gasteiger partial charge in [-0.1, -0.05) is 0 Å². The first-order valence-electron chi connectivity index (χ1n) is 1.50. The monoisotopic (exact) mass is 257 g/mol. The maximum atomic E-state index is 2.08. The van der Waals surface area contributed by atoms with Crippen LogP contribution in [-0.4, -0.2) is 45.1 Å². The molecular weight excluding hydrogens is 245 g/mol. The fourth-order valence-corrected chi connectivity index (χ4v) is 0. The second kappa shape index (κ2) is 39.2. The molecule has 0 aromatic carbocycles. The van der Waals surface area contributed by atoms with E-state index in [4.69, 9.17) is 0 Å². The molecule has 0 aromatic rings. The molecule has 0 fully saturated rings. The van der Waals surface area contributed by atoms with E-state index in [-0.39, 0.29) is 42.7 Å². The third-order valence-corrected chi connectivity index (χ3v) is 0. The summed E-state index contributed by atoms with van der Waals surface area (Å²) in [6.07, 6.45) is 0. The number of nitrogens with one attached hydrogen (secondary N) is 1. The molecule has 1 nitrogen and oxygen atoms in total. The molecule has 0 aromatic heterocycles. The Hall–Kier alpha value is 0.479. The Kier molecular flexibility index (Phi) is 245. The molecule has 0 aliphatic heterocycles. The van der Waals surface area contributed by atoms with Gasteiger partial charge in [0, 0.05) is 0 Å². The van der Waals surface area contributed by atoms with Gasteiger partial charge in [0.15, 0.2) is 0 Å². The number of quaternary nitrogens is 1. The van der Waals surface area contributed by atoms with E-state index < -0.39 is 0 Å². The maximum absolute atomic E-state index is 2.08. The van der Waals surface area contributed by atoms with Crippen LogP contribution in [0.5, 0.6) is 0 Å².